The minimum Gasteiger partial charge on any atom is -0.496 e. The Bertz CT molecular complexity index is 1160. The first-order valence-corrected chi connectivity index (χ1v) is 12.0. The summed E-state index contributed by atoms with van der Waals surface area (Å²) in [6.07, 6.45) is 5.71. The van der Waals surface area contributed by atoms with E-state index in [1.807, 2.05) is 55.9 Å². The van der Waals surface area contributed by atoms with Gasteiger partial charge in [0.25, 0.3) is 5.91 Å². The molecule has 1 aliphatic rings. The Morgan fingerprint density at radius 2 is 1.94 bits per heavy atom. The third kappa shape index (κ3) is 6.23. The van der Waals surface area contributed by atoms with Crippen molar-refractivity contribution < 1.29 is 23.7 Å². The first-order chi connectivity index (χ1) is 17.0. The van der Waals surface area contributed by atoms with E-state index in [2.05, 4.69) is 15.2 Å². The van der Waals surface area contributed by atoms with Gasteiger partial charge in [0.2, 0.25) is 0 Å². The number of aromatic nitrogens is 2. The maximum absolute atomic E-state index is 13.0. The van der Waals surface area contributed by atoms with E-state index < -0.39 is 0 Å². The van der Waals surface area contributed by atoms with Crippen LogP contribution >= 0.6 is 0 Å². The van der Waals surface area contributed by atoms with Crippen molar-refractivity contribution in [1.29, 1.82) is 0 Å². The van der Waals surface area contributed by atoms with Gasteiger partial charge in [0.15, 0.2) is 0 Å². The fourth-order valence-electron chi connectivity index (χ4n) is 3.69. The Morgan fingerprint density at radius 1 is 1.14 bits per heavy atom. The highest BCUT2D eigenvalue weighted by molar-refractivity contribution is 6.01. The number of hydrogen-bond acceptors (Lipinski definition) is 7. The predicted octanol–water partition coefficient (Wildman–Crippen LogP) is 3.26. The lowest BCUT2D eigenvalue weighted by atomic mass is 10.1. The van der Waals surface area contributed by atoms with Crippen LogP contribution in [0.5, 0.6) is 17.2 Å². The lowest BCUT2D eigenvalue weighted by Gasteiger charge is -2.17. The van der Waals surface area contributed by atoms with E-state index in [9.17, 15) is 4.79 Å². The number of nitrogens with one attached hydrogen (secondary N) is 1. The van der Waals surface area contributed by atoms with Crippen LogP contribution in [0.4, 0.5) is 0 Å². The number of pyridine rings is 1. The molecular formula is C26H34N4O5. The summed E-state index contributed by atoms with van der Waals surface area (Å²) in [6, 6.07) is 7.76. The molecule has 9 heteroatoms. The average Bonchev–Trinajstić information content (AvgIpc) is 3.56. The van der Waals surface area contributed by atoms with Gasteiger partial charge in [-0.05, 0) is 52.1 Å². The minimum atomic E-state index is -0.194. The third-order valence-electron chi connectivity index (χ3n) is 5.70. The summed E-state index contributed by atoms with van der Waals surface area (Å²) in [4.78, 5) is 19.7. The number of ether oxygens (including phenoxy) is 4. The Kier molecular flexibility index (Phi) is 8.09. The second kappa shape index (κ2) is 11.4. The molecule has 0 spiro atoms. The Hall–Kier alpha value is -3.30. The minimum absolute atomic E-state index is 0.194. The first kappa shape index (κ1) is 24.8. The summed E-state index contributed by atoms with van der Waals surface area (Å²) in [5, 5.41) is 3.04. The second-order valence-corrected chi connectivity index (χ2v) is 8.73. The summed E-state index contributed by atoms with van der Waals surface area (Å²) in [6.45, 7) is 4.72. The molecule has 2 aromatic heterocycles. The fraction of sp³-hybridized carbons (Fsp3) is 0.462. The molecule has 1 N–H and O–H groups in total. The Morgan fingerprint density at radius 3 is 2.66 bits per heavy atom. The summed E-state index contributed by atoms with van der Waals surface area (Å²) >= 11 is 0. The Balaban J connectivity index is 1.65. The predicted molar refractivity (Wildman–Crippen MR) is 134 cm³/mol. The van der Waals surface area contributed by atoms with Crippen molar-refractivity contribution in [3.8, 4) is 28.5 Å². The van der Waals surface area contributed by atoms with Crippen molar-refractivity contribution in [2.45, 2.75) is 25.8 Å². The number of nitrogens with zero attached hydrogens (tertiary/aromatic N) is 3. The molecular weight excluding hydrogens is 448 g/mol. The summed E-state index contributed by atoms with van der Waals surface area (Å²) in [5.74, 6) is 1.47. The van der Waals surface area contributed by atoms with E-state index >= 15 is 0 Å². The van der Waals surface area contributed by atoms with Crippen molar-refractivity contribution in [3.05, 3.63) is 42.2 Å². The van der Waals surface area contributed by atoms with Crippen LogP contribution in [0.15, 0.2) is 36.7 Å². The summed E-state index contributed by atoms with van der Waals surface area (Å²) in [7, 11) is 5.58. The fourth-order valence-corrected chi connectivity index (χ4v) is 3.69. The van der Waals surface area contributed by atoms with Gasteiger partial charge in [0, 0.05) is 37.0 Å². The maximum Gasteiger partial charge on any atom is 0.259 e. The van der Waals surface area contributed by atoms with Crippen LogP contribution in [-0.4, -0.2) is 80.4 Å². The van der Waals surface area contributed by atoms with E-state index in [1.54, 1.807) is 13.3 Å². The molecule has 188 valence electrons. The largest absolute Gasteiger partial charge is 0.496 e. The van der Waals surface area contributed by atoms with Gasteiger partial charge in [0.1, 0.15) is 41.7 Å². The van der Waals surface area contributed by atoms with E-state index in [4.69, 9.17) is 18.9 Å². The number of fused-ring (bicyclic) bond motifs is 1. The van der Waals surface area contributed by atoms with Gasteiger partial charge in [-0.1, -0.05) is 0 Å². The van der Waals surface area contributed by atoms with Crippen molar-refractivity contribution in [1.82, 2.24) is 19.6 Å². The number of methoxy groups -OCH3 is 1. The lowest BCUT2D eigenvalue weighted by Crippen LogP contribution is -2.26. The van der Waals surface area contributed by atoms with Crippen LogP contribution in [0.3, 0.4) is 0 Å². The Labute approximate surface area is 205 Å². The van der Waals surface area contributed by atoms with Crippen LogP contribution < -0.4 is 19.5 Å². The van der Waals surface area contributed by atoms with Crippen LogP contribution in [-0.2, 0) is 4.74 Å². The quantitative estimate of drug-likeness (QED) is 0.374. The number of amides is 1. The van der Waals surface area contributed by atoms with Crippen molar-refractivity contribution in [2.75, 3.05) is 54.2 Å². The number of likely N-dealkylation sites (N-methyl/N-ethyl adjacent to an activating group) is 1. The summed E-state index contributed by atoms with van der Waals surface area (Å²) in [5.41, 5.74) is 2.83. The highest BCUT2D eigenvalue weighted by Gasteiger charge is 2.28. The molecule has 0 unspecified atom stereocenters. The van der Waals surface area contributed by atoms with Gasteiger partial charge in [-0.15, -0.1) is 0 Å². The van der Waals surface area contributed by atoms with Crippen LogP contribution in [0.25, 0.3) is 16.9 Å². The van der Waals surface area contributed by atoms with Crippen LogP contribution in [0.1, 0.15) is 30.1 Å². The molecule has 2 heterocycles. The third-order valence-corrected chi connectivity index (χ3v) is 5.70. The zero-order valence-electron chi connectivity index (χ0n) is 20.9. The number of imidazole rings is 1. The molecule has 1 aliphatic carbocycles. The normalized spacial score (nSPS) is 13.3. The maximum atomic E-state index is 13.0. The highest BCUT2D eigenvalue weighted by atomic mass is 16.5. The van der Waals surface area contributed by atoms with Gasteiger partial charge in [0.05, 0.1) is 25.6 Å². The zero-order valence-corrected chi connectivity index (χ0v) is 20.9. The van der Waals surface area contributed by atoms with Crippen molar-refractivity contribution in [3.63, 3.8) is 0 Å². The molecule has 0 radical (unpaired) electrons. The standard InChI is InChI=1S/C26H34N4O5/c1-5-33-12-13-35-23-15-18(14-22(32-4)25(23)26(31)28-19-6-7-19)21-17-27-24-16-20(8-9-30(21)24)34-11-10-29(2)3/h8-9,14-17,19H,5-7,10-13H2,1-4H3,(H,28,31). The second-order valence-electron chi connectivity index (χ2n) is 8.73. The van der Waals surface area contributed by atoms with Gasteiger partial charge >= 0.3 is 0 Å². The molecule has 4 rings (SSSR count). The molecule has 3 aromatic rings. The monoisotopic (exact) mass is 482 g/mol. The molecule has 0 aliphatic heterocycles. The van der Waals surface area contributed by atoms with Gasteiger partial charge < -0.3 is 29.2 Å². The summed E-state index contributed by atoms with van der Waals surface area (Å²) < 4.78 is 24.9. The smallest absolute Gasteiger partial charge is 0.259 e. The SMILES string of the molecule is CCOCCOc1cc(-c2cnc3cc(OCCN(C)C)ccn23)cc(OC)c1C(=O)NC1CC1. The lowest BCUT2D eigenvalue weighted by molar-refractivity contribution is 0.0930. The van der Waals surface area contributed by atoms with E-state index in [-0.39, 0.29) is 11.9 Å². The van der Waals surface area contributed by atoms with Crippen molar-refractivity contribution >= 4 is 11.6 Å². The van der Waals surface area contributed by atoms with E-state index in [0.717, 1.165) is 42.0 Å². The van der Waals surface area contributed by atoms with Crippen LogP contribution in [0, 0.1) is 0 Å². The first-order valence-electron chi connectivity index (χ1n) is 12.0. The number of carbonyl (C=O) groups is 1. The average molecular weight is 483 g/mol. The molecule has 9 nitrogen and oxygen atoms in total. The molecule has 1 fully saturated rings. The topological polar surface area (TPSA) is 86.6 Å². The van der Waals surface area contributed by atoms with E-state index in [0.29, 0.717) is 43.5 Å². The number of rotatable bonds is 13. The number of hydrogen-bond donors (Lipinski definition) is 1. The number of benzene rings is 1. The van der Waals surface area contributed by atoms with E-state index in [1.165, 1.54) is 0 Å². The highest BCUT2D eigenvalue weighted by Crippen LogP contribution is 2.36. The van der Waals surface area contributed by atoms with Gasteiger partial charge in [-0.2, -0.15) is 0 Å². The van der Waals surface area contributed by atoms with Gasteiger partial charge in [-0.3, -0.25) is 9.20 Å². The van der Waals surface area contributed by atoms with Gasteiger partial charge in [-0.25, -0.2) is 4.98 Å². The molecule has 1 aromatic carbocycles. The van der Waals surface area contributed by atoms with Crippen LogP contribution in [0.2, 0.25) is 0 Å². The molecule has 35 heavy (non-hydrogen) atoms. The molecule has 1 amide bonds. The molecule has 0 bridgehead atoms. The molecule has 0 saturated heterocycles. The number of carbonyl (C=O) groups excluding carboxylic acids is 1. The zero-order chi connectivity index (χ0) is 24.8. The van der Waals surface area contributed by atoms with Crippen molar-refractivity contribution in [2.24, 2.45) is 0 Å². The molecule has 1 saturated carbocycles. The molecule has 0 atom stereocenters.